The van der Waals surface area contributed by atoms with Gasteiger partial charge in [-0.3, -0.25) is 9.59 Å². The first kappa shape index (κ1) is 19.5. The van der Waals surface area contributed by atoms with Gasteiger partial charge in [-0.25, -0.2) is 0 Å². The smallest absolute Gasteiger partial charge is 0.310 e. The summed E-state index contributed by atoms with van der Waals surface area (Å²) in [4.78, 5) is 23.5. The summed E-state index contributed by atoms with van der Waals surface area (Å²) in [5.41, 5.74) is 2.92. The van der Waals surface area contributed by atoms with Crippen molar-refractivity contribution in [3.8, 4) is 5.75 Å². The second-order valence-electron chi connectivity index (χ2n) is 9.06. The molecule has 5 atom stereocenters. The molecule has 1 aromatic rings. The van der Waals surface area contributed by atoms with Crippen molar-refractivity contribution in [2.24, 2.45) is 17.3 Å². The lowest BCUT2D eigenvalue weighted by molar-refractivity contribution is -0.157. The second-order valence-corrected chi connectivity index (χ2v) is 9.06. The van der Waals surface area contributed by atoms with Gasteiger partial charge in [-0.05, 0) is 79.5 Å². The Balaban J connectivity index is 1.54. The highest BCUT2D eigenvalue weighted by Crippen LogP contribution is 2.61. The zero-order valence-corrected chi connectivity index (χ0v) is 17.3. The van der Waals surface area contributed by atoms with Crippen LogP contribution in [0.4, 0.5) is 0 Å². The maximum absolute atomic E-state index is 11.9. The molecule has 4 rings (SSSR count). The fraction of sp³-hybridized carbons (Fsp3) is 0.667. The number of carbonyl (C=O) groups is 2. The van der Waals surface area contributed by atoms with Crippen LogP contribution in [-0.2, 0) is 20.7 Å². The van der Waals surface area contributed by atoms with E-state index in [0.29, 0.717) is 36.3 Å². The molecule has 0 spiro atoms. The predicted octanol–water partition coefficient (Wildman–Crippen LogP) is 5.18. The van der Waals surface area contributed by atoms with Gasteiger partial charge < -0.3 is 9.47 Å². The minimum Gasteiger partial charge on any atom is -0.462 e. The van der Waals surface area contributed by atoms with E-state index in [-0.39, 0.29) is 23.5 Å². The Labute approximate surface area is 168 Å². The van der Waals surface area contributed by atoms with Gasteiger partial charge in [-0.15, -0.1) is 0 Å². The number of hydrogen-bond acceptors (Lipinski definition) is 4. The number of benzene rings is 1. The zero-order valence-electron chi connectivity index (χ0n) is 17.3. The monoisotopic (exact) mass is 384 g/mol. The summed E-state index contributed by atoms with van der Waals surface area (Å²) in [5, 5.41) is 0. The molecule has 0 amide bonds. The molecule has 152 valence electrons. The first-order chi connectivity index (χ1) is 13.5. The van der Waals surface area contributed by atoms with Crippen molar-refractivity contribution in [3.63, 3.8) is 0 Å². The fourth-order valence-electron chi connectivity index (χ4n) is 6.21. The lowest BCUT2D eigenvalue weighted by atomic mass is 9.55. The Morgan fingerprint density at radius 3 is 2.61 bits per heavy atom. The van der Waals surface area contributed by atoms with Gasteiger partial charge >= 0.3 is 11.9 Å². The van der Waals surface area contributed by atoms with Crippen LogP contribution in [0.1, 0.15) is 82.8 Å². The number of carbonyl (C=O) groups excluding carboxylic acids is 2. The molecule has 0 unspecified atom stereocenters. The molecule has 0 aromatic heterocycles. The van der Waals surface area contributed by atoms with Crippen LogP contribution >= 0.6 is 0 Å². The number of hydrogen-bond donors (Lipinski definition) is 0. The molecular formula is C24H32O4. The fourth-order valence-corrected chi connectivity index (χ4v) is 6.21. The van der Waals surface area contributed by atoms with Gasteiger partial charge in [0.2, 0.25) is 0 Å². The van der Waals surface area contributed by atoms with E-state index in [1.165, 1.54) is 24.0 Å². The Hall–Kier alpha value is -1.84. The molecule has 4 heteroatoms. The number of fused-ring (bicyclic) bond motifs is 5. The van der Waals surface area contributed by atoms with Gasteiger partial charge in [0.15, 0.2) is 0 Å². The third-order valence-corrected chi connectivity index (χ3v) is 7.69. The van der Waals surface area contributed by atoms with Crippen molar-refractivity contribution >= 4 is 11.9 Å². The van der Waals surface area contributed by atoms with E-state index >= 15 is 0 Å². The van der Waals surface area contributed by atoms with Crippen LogP contribution in [0, 0.1) is 17.3 Å². The average molecular weight is 385 g/mol. The lowest BCUT2D eigenvalue weighted by Crippen LogP contribution is -2.45. The van der Waals surface area contributed by atoms with Crippen LogP contribution in [0.5, 0.6) is 5.75 Å². The number of aryl methyl sites for hydroxylation is 1. The van der Waals surface area contributed by atoms with Crippen molar-refractivity contribution in [1.29, 1.82) is 0 Å². The van der Waals surface area contributed by atoms with Crippen LogP contribution in [0.2, 0.25) is 0 Å². The topological polar surface area (TPSA) is 52.6 Å². The Bertz CT molecular complexity index is 770. The summed E-state index contributed by atoms with van der Waals surface area (Å²) in [5.74, 6) is 2.32. The first-order valence-electron chi connectivity index (χ1n) is 11.0. The first-order valence-corrected chi connectivity index (χ1v) is 11.0. The SMILES string of the molecule is CCC(=O)Oc1ccc2c(c1)CC[C@@H]1[C@@H]2CC[C@@]2(C)[C@@H]1CC[C@H]2OC(=O)CC. The van der Waals surface area contributed by atoms with E-state index in [1.54, 1.807) is 0 Å². The molecule has 28 heavy (non-hydrogen) atoms. The lowest BCUT2D eigenvalue weighted by Gasteiger charge is -2.50. The molecule has 1 aromatic carbocycles. The summed E-state index contributed by atoms with van der Waals surface area (Å²) in [7, 11) is 0. The standard InChI is InChI=1S/C24H32O4/c1-4-22(25)27-16-7-9-17-15(14-16)6-8-19-18(17)12-13-24(3)20(19)10-11-21(24)28-23(26)5-2/h7,9,14,18-21H,4-6,8,10-13H2,1-3H3/t18-,19-,20-,21-,24+/m1/s1. The van der Waals surface area contributed by atoms with Gasteiger partial charge in [0, 0.05) is 18.3 Å². The third-order valence-electron chi connectivity index (χ3n) is 7.69. The van der Waals surface area contributed by atoms with E-state index in [0.717, 1.165) is 25.7 Å². The Morgan fingerprint density at radius 2 is 1.86 bits per heavy atom. The van der Waals surface area contributed by atoms with Crippen molar-refractivity contribution < 1.29 is 19.1 Å². The van der Waals surface area contributed by atoms with Gasteiger partial charge in [0.1, 0.15) is 11.9 Å². The molecule has 3 aliphatic carbocycles. The molecule has 0 radical (unpaired) electrons. The minimum absolute atomic E-state index is 0.0582. The highest BCUT2D eigenvalue weighted by atomic mass is 16.5. The maximum Gasteiger partial charge on any atom is 0.310 e. The molecule has 4 nitrogen and oxygen atoms in total. The minimum atomic E-state index is -0.180. The van der Waals surface area contributed by atoms with Crippen LogP contribution in [0.3, 0.4) is 0 Å². The molecule has 0 N–H and O–H groups in total. The Kier molecular flexibility index (Phi) is 5.24. The highest BCUT2D eigenvalue weighted by molar-refractivity contribution is 5.72. The summed E-state index contributed by atoms with van der Waals surface area (Å²) in [6.45, 7) is 6.05. The molecule has 3 aliphatic rings. The van der Waals surface area contributed by atoms with Gasteiger partial charge in [0.05, 0.1) is 0 Å². The van der Waals surface area contributed by atoms with Crippen LogP contribution in [0.15, 0.2) is 18.2 Å². The maximum atomic E-state index is 11.9. The van der Waals surface area contributed by atoms with Crippen LogP contribution in [-0.4, -0.2) is 18.0 Å². The molecule has 2 saturated carbocycles. The summed E-state index contributed by atoms with van der Waals surface area (Å²) in [6, 6.07) is 6.23. The van der Waals surface area contributed by atoms with Crippen molar-refractivity contribution in [1.82, 2.24) is 0 Å². The van der Waals surface area contributed by atoms with Crippen LogP contribution < -0.4 is 4.74 Å². The second kappa shape index (κ2) is 7.53. The molecule has 0 heterocycles. The van der Waals surface area contributed by atoms with E-state index in [9.17, 15) is 9.59 Å². The van der Waals surface area contributed by atoms with E-state index < -0.39 is 0 Å². The molecule has 0 saturated heterocycles. The number of ether oxygens (including phenoxy) is 2. The van der Waals surface area contributed by atoms with E-state index in [1.807, 2.05) is 19.9 Å². The van der Waals surface area contributed by atoms with E-state index in [2.05, 4.69) is 19.1 Å². The average Bonchev–Trinajstić information content (AvgIpc) is 3.03. The molecule has 0 aliphatic heterocycles. The summed E-state index contributed by atoms with van der Waals surface area (Å²) < 4.78 is 11.3. The molecular weight excluding hydrogens is 352 g/mol. The summed E-state index contributed by atoms with van der Waals surface area (Å²) >= 11 is 0. The normalized spacial score (nSPS) is 33.4. The molecule has 2 fully saturated rings. The highest BCUT2D eigenvalue weighted by Gasteiger charge is 2.56. The van der Waals surface area contributed by atoms with Gasteiger partial charge in [-0.2, -0.15) is 0 Å². The number of esters is 2. The predicted molar refractivity (Wildman–Crippen MR) is 107 cm³/mol. The quantitative estimate of drug-likeness (QED) is 0.530. The van der Waals surface area contributed by atoms with Crippen molar-refractivity contribution in [3.05, 3.63) is 29.3 Å². The van der Waals surface area contributed by atoms with E-state index in [4.69, 9.17) is 9.47 Å². The number of rotatable bonds is 4. The van der Waals surface area contributed by atoms with Crippen molar-refractivity contribution in [2.75, 3.05) is 0 Å². The summed E-state index contributed by atoms with van der Waals surface area (Å²) in [6.07, 6.45) is 7.61. The third kappa shape index (κ3) is 3.25. The van der Waals surface area contributed by atoms with Gasteiger partial charge in [-0.1, -0.05) is 26.8 Å². The van der Waals surface area contributed by atoms with Crippen molar-refractivity contribution in [2.45, 2.75) is 84.2 Å². The zero-order chi connectivity index (χ0) is 19.9. The van der Waals surface area contributed by atoms with Gasteiger partial charge in [0.25, 0.3) is 0 Å². The Morgan fingerprint density at radius 1 is 1.07 bits per heavy atom. The largest absolute Gasteiger partial charge is 0.462 e. The van der Waals surface area contributed by atoms with Crippen LogP contribution in [0.25, 0.3) is 0 Å². The molecule has 0 bridgehead atoms.